The maximum Gasteiger partial charge on any atom is 0.244 e. The molecule has 1 aliphatic heterocycles. The molecule has 5 nitrogen and oxygen atoms in total. The molecule has 1 aliphatic carbocycles. The van der Waals surface area contributed by atoms with Gasteiger partial charge in [-0.3, -0.25) is 4.79 Å². The highest BCUT2D eigenvalue weighted by Crippen LogP contribution is 2.38. The molecule has 5 heteroatoms. The van der Waals surface area contributed by atoms with Crippen molar-refractivity contribution in [3.8, 4) is 6.07 Å². The second-order valence-corrected chi connectivity index (χ2v) is 6.69. The van der Waals surface area contributed by atoms with Gasteiger partial charge in [0.15, 0.2) is 0 Å². The first-order valence-electron chi connectivity index (χ1n) is 8.39. The van der Waals surface area contributed by atoms with Gasteiger partial charge in [-0.05, 0) is 44.2 Å². The minimum absolute atomic E-state index is 0.148. The van der Waals surface area contributed by atoms with E-state index in [0.717, 1.165) is 44.7 Å². The van der Waals surface area contributed by atoms with E-state index >= 15 is 0 Å². The van der Waals surface area contributed by atoms with Crippen molar-refractivity contribution < 1.29 is 4.79 Å². The first-order chi connectivity index (χ1) is 11.1. The van der Waals surface area contributed by atoms with Crippen molar-refractivity contribution in [2.45, 2.75) is 25.7 Å². The minimum atomic E-state index is -0.823. The number of likely N-dealkylation sites (N-methyl/N-ethyl adjacent to an activating group) is 1. The molecule has 23 heavy (non-hydrogen) atoms. The highest BCUT2D eigenvalue weighted by molar-refractivity contribution is 5.97. The van der Waals surface area contributed by atoms with Gasteiger partial charge in [-0.2, -0.15) is 5.26 Å². The fraction of sp³-hybridized carbons (Fsp3) is 0.556. The fourth-order valence-corrected chi connectivity index (χ4v) is 3.44. The quantitative estimate of drug-likeness (QED) is 0.931. The number of piperazine rings is 1. The molecular weight excluding hydrogens is 288 g/mol. The lowest BCUT2D eigenvalue weighted by molar-refractivity contribution is -0.122. The van der Waals surface area contributed by atoms with Crippen LogP contribution in [0, 0.1) is 16.7 Å². The zero-order chi connectivity index (χ0) is 16.3. The lowest BCUT2D eigenvalue weighted by Crippen LogP contribution is -2.44. The number of anilines is 2. The molecule has 1 heterocycles. The van der Waals surface area contributed by atoms with Crippen molar-refractivity contribution in [1.29, 1.82) is 5.26 Å². The Morgan fingerprint density at radius 1 is 1.13 bits per heavy atom. The Morgan fingerprint density at radius 2 is 1.74 bits per heavy atom. The van der Waals surface area contributed by atoms with Gasteiger partial charge in [0.1, 0.15) is 5.41 Å². The molecule has 2 fully saturated rings. The van der Waals surface area contributed by atoms with E-state index in [-0.39, 0.29) is 5.91 Å². The Balaban J connectivity index is 1.64. The van der Waals surface area contributed by atoms with Crippen molar-refractivity contribution in [2.24, 2.45) is 5.41 Å². The highest BCUT2D eigenvalue weighted by Gasteiger charge is 2.41. The zero-order valence-corrected chi connectivity index (χ0v) is 13.7. The summed E-state index contributed by atoms with van der Waals surface area (Å²) in [5, 5.41) is 12.3. The topological polar surface area (TPSA) is 59.4 Å². The third kappa shape index (κ3) is 3.32. The van der Waals surface area contributed by atoms with Crippen LogP contribution in [0.2, 0.25) is 0 Å². The number of amides is 1. The summed E-state index contributed by atoms with van der Waals surface area (Å²) in [6.45, 7) is 4.20. The van der Waals surface area contributed by atoms with E-state index in [1.54, 1.807) is 0 Å². The summed E-state index contributed by atoms with van der Waals surface area (Å²) in [6.07, 6.45) is 3.27. The number of nitrogens with zero attached hydrogens (tertiary/aromatic N) is 3. The van der Waals surface area contributed by atoms with Gasteiger partial charge < -0.3 is 15.1 Å². The predicted octanol–water partition coefficient (Wildman–Crippen LogP) is 2.46. The van der Waals surface area contributed by atoms with E-state index in [2.05, 4.69) is 40.4 Å². The maximum atomic E-state index is 12.4. The maximum absolute atomic E-state index is 12.4. The van der Waals surface area contributed by atoms with E-state index in [0.29, 0.717) is 12.8 Å². The molecule has 1 saturated heterocycles. The smallest absolute Gasteiger partial charge is 0.244 e. The van der Waals surface area contributed by atoms with Crippen molar-refractivity contribution in [3.63, 3.8) is 0 Å². The molecule has 0 bridgehead atoms. The van der Waals surface area contributed by atoms with Crippen LogP contribution in [-0.4, -0.2) is 44.0 Å². The number of hydrogen-bond donors (Lipinski definition) is 1. The number of rotatable bonds is 3. The zero-order valence-electron chi connectivity index (χ0n) is 13.7. The molecule has 3 rings (SSSR count). The third-order valence-corrected chi connectivity index (χ3v) is 5.10. The summed E-state index contributed by atoms with van der Waals surface area (Å²) in [6, 6.07) is 10.2. The molecule has 1 amide bonds. The number of benzene rings is 1. The molecular formula is C18H24N4O. The summed E-state index contributed by atoms with van der Waals surface area (Å²) in [5.41, 5.74) is 1.14. The molecule has 0 atom stereocenters. The Bertz CT molecular complexity index is 590. The van der Waals surface area contributed by atoms with Crippen LogP contribution in [0.3, 0.4) is 0 Å². The number of nitriles is 1. The van der Waals surface area contributed by atoms with Crippen LogP contribution in [0.5, 0.6) is 0 Å². The van der Waals surface area contributed by atoms with Crippen LogP contribution >= 0.6 is 0 Å². The second-order valence-electron chi connectivity index (χ2n) is 6.69. The SMILES string of the molecule is CN1CCN(c2ccc(NC(=O)C3(C#N)CCCC3)cc2)CC1. The summed E-state index contributed by atoms with van der Waals surface area (Å²) in [4.78, 5) is 17.1. The van der Waals surface area contributed by atoms with Gasteiger partial charge in [-0.25, -0.2) is 0 Å². The molecule has 1 saturated carbocycles. The molecule has 122 valence electrons. The summed E-state index contributed by atoms with van der Waals surface area (Å²) < 4.78 is 0. The Kier molecular flexibility index (Phi) is 4.53. The Morgan fingerprint density at radius 3 is 2.30 bits per heavy atom. The second kappa shape index (κ2) is 6.59. The molecule has 0 spiro atoms. The van der Waals surface area contributed by atoms with Crippen molar-refractivity contribution in [1.82, 2.24) is 4.90 Å². The van der Waals surface area contributed by atoms with Gasteiger partial charge >= 0.3 is 0 Å². The largest absolute Gasteiger partial charge is 0.369 e. The molecule has 1 N–H and O–H groups in total. The van der Waals surface area contributed by atoms with Gasteiger partial charge in [-0.15, -0.1) is 0 Å². The van der Waals surface area contributed by atoms with E-state index in [1.165, 1.54) is 5.69 Å². The van der Waals surface area contributed by atoms with E-state index in [4.69, 9.17) is 0 Å². The number of carbonyl (C=O) groups excluding carboxylic acids is 1. The number of hydrogen-bond acceptors (Lipinski definition) is 4. The number of carbonyl (C=O) groups is 1. The van der Waals surface area contributed by atoms with Crippen molar-refractivity contribution in [3.05, 3.63) is 24.3 Å². The van der Waals surface area contributed by atoms with Gasteiger partial charge in [0.2, 0.25) is 5.91 Å². The molecule has 0 aromatic heterocycles. The van der Waals surface area contributed by atoms with Gasteiger partial charge in [0.05, 0.1) is 6.07 Å². The first-order valence-corrected chi connectivity index (χ1v) is 8.39. The highest BCUT2D eigenvalue weighted by atomic mass is 16.2. The normalized spacial score (nSPS) is 21.0. The Hall–Kier alpha value is -2.06. The summed E-state index contributed by atoms with van der Waals surface area (Å²) in [7, 11) is 2.14. The molecule has 0 radical (unpaired) electrons. The van der Waals surface area contributed by atoms with E-state index < -0.39 is 5.41 Å². The predicted molar refractivity (Wildman–Crippen MR) is 91.3 cm³/mol. The third-order valence-electron chi connectivity index (χ3n) is 5.10. The Labute approximate surface area is 137 Å². The lowest BCUT2D eigenvalue weighted by Gasteiger charge is -2.34. The van der Waals surface area contributed by atoms with Crippen LogP contribution in [0.1, 0.15) is 25.7 Å². The number of nitrogens with one attached hydrogen (secondary N) is 1. The summed E-state index contributed by atoms with van der Waals surface area (Å²) >= 11 is 0. The van der Waals surface area contributed by atoms with Gasteiger partial charge in [-0.1, -0.05) is 12.8 Å². The van der Waals surface area contributed by atoms with E-state index in [9.17, 15) is 10.1 Å². The van der Waals surface area contributed by atoms with Crippen LogP contribution in [0.15, 0.2) is 24.3 Å². The van der Waals surface area contributed by atoms with Crippen LogP contribution in [0.4, 0.5) is 11.4 Å². The monoisotopic (exact) mass is 312 g/mol. The summed E-state index contributed by atoms with van der Waals surface area (Å²) in [5.74, 6) is -0.148. The fourth-order valence-electron chi connectivity index (χ4n) is 3.44. The molecule has 1 aromatic rings. The first kappa shape index (κ1) is 15.8. The minimum Gasteiger partial charge on any atom is -0.369 e. The molecule has 0 unspecified atom stereocenters. The van der Waals surface area contributed by atoms with Crippen molar-refractivity contribution in [2.75, 3.05) is 43.4 Å². The van der Waals surface area contributed by atoms with Crippen LogP contribution in [0.25, 0.3) is 0 Å². The van der Waals surface area contributed by atoms with Crippen LogP contribution in [-0.2, 0) is 4.79 Å². The standard InChI is InChI=1S/C18H24N4O/c1-21-10-12-22(13-11-21)16-6-4-15(5-7-16)20-17(23)18(14-19)8-2-3-9-18/h4-7H,2-3,8-13H2,1H3,(H,20,23). The average molecular weight is 312 g/mol. The molecule has 2 aliphatic rings. The lowest BCUT2D eigenvalue weighted by atomic mass is 9.87. The average Bonchev–Trinajstić information content (AvgIpc) is 3.07. The molecule has 1 aromatic carbocycles. The van der Waals surface area contributed by atoms with Crippen LogP contribution < -0.4 is 10.2 Å². The van der Waals surface area contributed by atoms with Gasteiger partial charge in [0, 0.05) is 37.6 Å². The van der Waals surface area contributed by atoms with Gasteiger partial charge in [0.25, 0.3) is 0 Å². The van der Waals surface area contributed by atoms with E-state index in [1.807, 2.05) is 12.1 Å². The van der Waals surface area contributed by atoms with Crippen molar-refractivity contribution >= 4 is 17.3 Å².